The summed E-state index contributed by atoms with van der Waals surface area (Å²) in [6.45, 7) is 10.8. The Morgan fingerprint density at radius 2 is 1.80 bits per heavy atom. The zero-order valence-corrected chi connectivity index (χ0v) is 10.8. The topological polar surface area (TPSA) is 49.3 Å². The van der Waals surface area contributed by atoms with E-state index in [4.69, 9.17) is 5.11 Å². The molecule has 0 radical (unpaired) electrons. The second-order valence-electron chi connectivity index (χ2n) is 3.90. The number of carbonyl (C=O) groups is 1. The van der Waals surface area contributed by atoms with Gasteiger partial charge in [0, 0.05) is 20.1 Å². The molecular weight excluding hydrogens is 190 g/mol. The molecule has 92 valence electrons. The maximum Gasteiger partial charge on any atom is 0.216 e. The smallest absolute Gasteiger partial charge is 0.216 e. The number of carbonyl (C=O) groups excluding carboxylic acids is 1. The molecule has 0 aliphatic rings. The third kappa shape index (κ3) is 13.4. The molecule has 0 aliphatic heterocycles. The van der Waals surface area contributed by atoms with Gasteiger partial charge in [-0.25, -0.2) is 0 Å². The molecule has 15 heavy (non-hydrogen) atoms. The molecule has 0 rings (SSSR count). The largest absolute Gasteiger partial charge is 0.396 e. The summed E-state index contributed by atoms with van der Waals surface area (Å²) >= 11 is 0. The van der Waals surface area contributed by atoms with Gasteiger partial charge in [0.2, 0.25) is 5.91 Å². The van der Waals surface area contributed by atoms with Gasteiger partial charge in [-0.3, -0.25) is 4.79 Å². The van der Waals surface area contributed by atoms with Crippen LogP contribution < -0.4 is 5.32 Å². The third-order valence-corrected chi connectivity index (χ3v) is 2.13. The fourth-order valence-corrected chi connectivity index (χ4v) is 1.43. The predicted molar refractivity (Wildman–Crippen MR) is 64.7 cm³/mol. The molecule has 2 N–H and O–H groups in total. The van der Waals surface area contributed by atoms with Crippen LogP contribution in [0.5, 0.6) is 0 Å². The summed E-state index contributed by atoms with van der Waals surface area (Å²) in [5, 5.41) is 11.5. The van der Waals surface area contributed by atoms with E-state index in [0.717, 1.165) is 19.4 Å². The molecule has 3 nitrogen and oxygen atoms in total. The molecular formula is C12H27NO2. The number of nitrogens with one attached hydrogen (secondary N) is 1. The molecule has 0 aromatic carbocycles. The van der Waals surface area contributed by atoms with Crippen LogP contribution in [-0.2, 0) is 4.79 Å². The van der Waals surface area contributed by atoms with Crippen molar-refractivity contribution in [3.63, 3.8) is 0 Å². The van der Waals surface area contributed by atoms with E-state index < -0.39 is 0 Å². The van der Waals surface area contributed by atoms with Crippen LogP contribution in [0.15, 0.2) is 0 Å². The zero-order valence-electron chi connectivity index (χ0n) is 10.8. The predicted octanol–water partition coefficient (Wildman–Crippen LogP) is 2.19. The van der Waals surface area contributed by atoms with E-state index in [0.29, 0.717) is 11.8 Å². The van der Waals surface area contributed by atoms with Crippen LogP contribution in [0.25, 0.3) is 0 Å². The van der Waals surface area contributed by atoms with Gasteiger partial charge in [0.05, 0.1) is 0 Å². The van der Waals surface area contributed by atoms with Crippen LogP contribution in [0.1, 0.15) is 47.5 Å². The van der Waals surface area contributed by atoms with Crippen molar-refractivity contribution in [3.05, 3.63) is 0 Å². The Morgan fingerprint density at radius 3 is 2.20 bits per heavy atom. The lowest BCUT2D eigenvalue weighted by Crippen LogP contribution is -2.26. The van der Waals surface area contributed by atoms with Crippen molar-refractivity contribution >= 4 is 5.91 Å². The lowest BCUT2D eigenvalue weighted by molar-refractivity contribution is -0.119. The van der Waals surface area contributed by atoms with Crippen molar-refractivity contribution in [2.75, 3.05) is 13.2 Å². The van der Waals surface area contributed by atoms with Gasteiger partial charge in [-0.15, -0.1) is 0 Å². The van der Waals surface area contributed by atoms with Crippen molar-refractivity contribution < 1.29 is 9.90 Å². The standard InChI is InChI=1S/C10H21NO2.C2H6/c1-8(4-5-12)6-9(2)7-11-10(3)13;1-2/h8-9,12H,4-7H2,1-3H3,(H,11,13);1-2H3. The highest BCUT2D eigenvalue weighted by Crippen LogP contribution is 2.13. The zero-order chi connectivity index (χ0) is 12.3. The number of hydrogen-bond acceptors (Lipinski definition) is 2. The highest BCUT2D eigenvalue weighted by atomic mass is 16.3. The normalized spacial score (nSPS) is 13.5. The molecule has 0 bridgehead atoms. The van der Waals surface area contributed by atoms with Gasteiger partial charge in [-0.2, -0.15) is 0 Å². The molecule has 0 fully saturated rings. The van der Waals surface area contributed by atoms with Crippen molar-refractivity contribution in [1.82, 2.24) is 5.32 Å². The van der Waals surface area contributed by atoms with Gasteiger partial charge in [0.25, 0.3) is 0 Å². The summed E-state index contributed by atoms with van der Waals surface area (Å²) in [6.07, 6.45) is 1.91. The molecule has 0 aromatic heterocycles. The summed E-state index contributed by atoms with van der Waals surface area (Å²) in [5.74, 6) is 1.06. The second kappa shape index (κ2) is 11.5. The van der Waals surface area contributed by atoms with Crippen LogP contribution in [0.2, 0.25) is 0 Å². The summed E-state index contributed by atoms with van der Waals surface area (Å²) in [5.41, 5.74) is 0. The van der Waals surface area contributed by atoms with Gasteiger partial charge in [-0.05, 0) is 24.7 Å². The fraction of sp³-hybridized carbons (Fsp3) is 0.917. The maximum atomic E-state index is 10.6. The first-order valence-electron chi connectivity index (χ1n) is 5.91. The number of hydrogen-bond donors (Lipinski definition) is 2. The average Bonchev–Trinajstić information content (AvgIpc) is 2.18. The Kier molecular flexibility index (Phi) is 12.9. The Hall–Kier alpha value is -0.570. The molecule has 3 heteroatoms. The lowest BCUT2D eigenvalue weighted by Gasteiger charge is -2.16. The molecule has 0 saturated carbocycles. The molecule has 0 saturated heterocycles. The van der Waals surface area contributed by atoms with Crippen molar-refractivity contribution in [1.29, 1.82) is 0 Å². The Balaban J connectivity index is 0. The summed E-state index contributed by atoms with van der Waals surface area (Å²) in [7, 11) is 0. The Morgan fingerprint density at radius 1 is 1.27 bits per heavy atom. The van der Waals surface area contributed by atoms with E-state index in [1.807, 2.05) is 13.8 Å². The molecule has 0 aliphatic carbocycles. The number of aliphatic hydroxyl groups is 1. The monoisotopic (exact) mass is 217 g/mol. The molecule has 2 unspecified atom stereocenters. The average molecular weight is 217 g/mol. The van der Waals surface area contributed by atoms with Crippen molar-refractivity contribution in [3.8, 4) is 0 Å². The first-order valence-corrected chi connectivity index (χ1v) is 5.91. The maximum absolute atomic E-state index is 10.6. The van der Waals surface area contributed by atoms with Crippen LogP contribution in [0.4, 0.5) is 0 Å². The van der Waals surface area contributed by atoms with Crippen LogP contribution >= 0.6 is 0 Å². The van der Waals surface area contributed by atoms with Crippen LogP contribution in [0.3, 0.4) is 0 Å². The minimum absolute atomic E-state index is 0.0293. The first-order chi connectivity index (χ1) is 7.06. The molecule has 0 heterocycles. The van der Waals surface area contributed by atoms with E-state index in [2.05, 4.69) is 19.2 Å². The third-order valence-electron chi connectivity index (χ3n) is 2.13. The summed E-state index contributed by atoms with van der Waals surface area (Å²) in [4.78, 5) is 10.6. The molecule has 2 atom stereocenters. The molecule has 0 aromatic rings. The SMILES string of the molecule is CC.CC(=O)NCC(C)CC(C)CCO. The first kappa shape index (κ1) is 16.8. The van der Waals surface area contributed by atoms with Crippen LogP contribution in [0, 0.1) is 11.8 Å². The summed E-state index contributed by atoms with van der Waals surface area (Å²) < 4.78 is 0. The summed E-state index contributed by atoms with van der Waals surface area (Å²) in [6, 6.07) is 0. The number of aliphatic hydroxyl groups excluding tert-OH is 1. The highest BCUT2D eigenvalue weighted by molar-refractivity contribution is 5.72. The van der Waals surface area contributed by atoms with Crippen LogP contribution in [-0.4, -0.2) is 24.2 Å². The Labute approximate surface area is 94.3 Å². The van der Waals surface area contributed by atoms with Crippen molar-refractivity contribution in [2.24, 2.45) is 11.8 Å². The number of amides is 1. The van der Waals surface area contributed by atoms with Gasteiger partial charge in [0.1, 0.15) is 0 Å². The fourth-order valence-electron chi connectivity index (χ4n) is 1.43. The Bertz CT molecular complexity index is 149. The van der Waals surface area contributed by atoms with Gasteiger partial charge in [-0.1, -0.05) is 27.7 Å². The second-order valence-corrected chi connectivity index (χ2v) is 3.90. The quantitative estimate of drug-likeness (QED) is 0.716. The van der Waals surface area contributed by atoms with E-state index in [9.17, 15) is 4.79 Å². The minimum Gasteiger partial charge on any atom is -0.396 e. The minimum atomic E-state index is 0.0293. The highest BCUT2D eigenvalue weighted by Gasteiger charge is 2.08. The van der Waals surface area contributed by atoms with Crippen molar-refractivity contribution in [2.45, 2.75) is 47.5 Å². The number of rotatable bonds is 6. The lowest BCUT2D eigenvalue weighted by atomic mass is 9.95. The van der Waals surface area contributed by atoms with Gasteiger partial charge < -0.3 is 10.4 Å². The van der Waals surface area contributed by atoms with E-state index in [1.54, 1.807) is 0 Å². The van der Waals surface area contributed by atoms with E-state index >= 15 is 0 Å². The molecule has 1 amide bonds. The van der Waals surface area contributed by atoms with Gasteiger partial charge >= 0.3 is 0 Å². The van der Waals surface area contributed by atoms with E-state index in [1.165, 1.54) is 6.92 Å². The molecule has 0 spiro atoms. The van der Waals surface area contributed by atoms with Gasteiger partial charge in [0.15, 0.2) is 0 Å². The van der Waals surface area contributed by atoms with E-state index in [-0.39, 0.29) is 12.5 Å².